The molecule has 0 aliphatic rings. The van der Waals surface area contributed by atoms with Gasteiger partial charge in [0.2, 0.25) is 5.91 Å². The van der Waals surface area contributed by atoms with Crippen molar-refractivity contribution in [2.75, 3.05) is 0 Å². The molecule has 0 aliphatic heterocycles. The second-order valence-electron chi connectivity index (χ2n) is 3.86. The number of nitro benzene ring substituents is 1. The van der Waals surface area contributed by atoms with Crippen molar-refractivity contribution in [1.82, 2.24) is 0 Å². The van der Waals surface area contributed by atoms with Crippen LogP contribution in [0.25, 0.3) is 0 Å². The number of benzene rings is 2. The first kappa shape index (κ1) is 14.4. The summed E-state index contributed by atoms with van der Waals surface area (Å²) in [6.45, 7) is 0. The van der Waals surface area contributed by atoms with Gasteiger partial charge in [-0.1, -0.05) is 23.4 Å². The van der Waals surface area contributed by atoms with Gasteiger partial charge in [0.1, 0.15) is 0 Å². The standard InChI is InChI=1S/C13H9ClN2O3S/c14-9-2-4-10(5-3-9)20-12-6-1-8(13(15)17)7-11(12)16(18)19/h1-7H,(H2,15,17). The number of nitrogens with two attached hydrogens (primary N) is 1. The van der Waals surface area contributed by atoms with Crippen LogP contribution in [-0.4, -0.2) is 10.8 Å². The van der Waals surface area contributed by atoms with Crippen LogP contribution in [-0.2, 0) is 0 Å². The minimum Gasteiger partial charge on any atom is -0.366 e. The molecule has 20 heavy (non-hydrogen) atoms. The molecule has 0 bridgehead atoms. The fourth-order valence-electron chi connectivity index (χ4n) is 1.53. The normalized spacial score (nSPS) is 10.2. The molecular formula is C13H9ClN2O3S. The van der Waals surface area contributed by atoms with E-state index >= 15 is 0 Å². The fourth-order valence-corrected chi connectivity index (χ4v) is 2.56. The average molecular weight is 309 g/mol. The Morgan fingerprint density at radius 1 is 1.20 bits per heavy atom. The van der Waals surface area contributed by atoms with Crippen LogP contribution in [0.2, 0.25) is 5.02 Å². The van der Waals surface area contributed by atoms with Crippen molar-refractivity contribution in [3.05, 3.63) is 63.2 Å². The maximum absolute atomic E-state index is 11.1. The fraction of sp³-hybridized carbons (Fsp3) is 0. The molecule has 0 saturated carbocycles. The first-order valence-electron chi connectivity index (χ1n) is 5.49. The second kappa shape index (κ2) is 5.94. The molecule has 5 nitrogen and oxygen atoms in total. The number of carbonyl (C=O) groups is 1. The van der Waals surface area contributed by atoms with E-state index in [0.29, 0.717) is 9.92 Å². The van der Waals surface area contributed by atoms with E-state index in [2.05, 4.69) is 0 Å². The summed E-state index contributed by atoms with van der Waals surface area (Å²) in [6.07, 6.45) is 0. The number of halogens is 1. The highest BCUT2D eigenvalue weighted by molar-refractivity contribution is 7.99. The van der Waals surface area contributed by atoms with Gasteiger partial charge in [-0.3, -0.25) is 14.9 Å². The zero-order valence-corrected chi connectivity index (χ0v) is 11.6. The van der Waals surface area contributed by atoms with Crippen molar-refractivity contribution < 1.29 is 9.72 Å². The summed E-state index contributed by atoms with van der Waals surface area (Å²) in [5, 5.41) is 11.7. The third kappa shape index (κ3) is 3.28. The van der Waals surface area contributed by atoms with E-state index in [1.165, 1.54) is 30.0 Å². The van der Waals surface area contributed by atoms with Gasteiger partial charge in [-0.15, -0.1) is 0 Å². The van der Waals surface area contributed by atoms with Gasteiger partial charge >= 0.3 is 0 Å². The van der Waals surface area contributed by atoms with Gasteiger partial charge in [0.15, 0.2) is 0 Å². The van der Waals surface area contributed by atoms with Crippen LogP contribution in [0.4, 0.5) is 5.69 Å². The maximum atomic E-state index is 11.1. The van der Waals surface area contributed by atoms with Gasteiger partial charge < -0.3 is 5.73 Å². The van der Waals surface area contributed by atoms with Crippen molar-refractivity contribution in [3.8, 4) is 0 Å². The molecule has 1 amide bonds. The summed E-state index contributed by atoms with van der Waals surface area (Å²) in [7, 11) is 0. The molecule has 0 radical (unpaired) electrons. The molecule has 0 unspecified atom stereocenters. The van der Waals surface area contributed by atoms with E-state index in [1.807, 2.05) is 0 Å². The van der Waals surface area contributed by atoms with Gasteiger partial charge in [0, 0.05) is 21.5 Å². The summed E-state index contributed by atoms with van der Waals surface area (Å²) in [4.78, 5) is 22.8. The lowest BCUT2D eigenvalue weighted by Gasteiger charge is -2.04. The zero-order chi connectivity index (χ0) is 14.7. The summed E-state index contributed by atoms with van der Waals surface area (Å²) in [6, 6.07) is 11.1. The molecule has 0 fully saturated rings. The minimum atomic E-state index is -0.698. The molecule has 2 N–H and O–H groups in total. The van der Waals surface area contributed by atoms with Crippen molar-refractivity contribution in [3.63, 3.8) is 0 Å². The molecule has 0 saturated heterocycles. The van der Waals surface area contributed by atoms with E-state index in [0.717, 1.165) is 4.90 Å². The molecular weight excluding hydrogens is 300 g/mol. The Morgan fingerprint density at radius 3 is 2.40 bits per heavy atom. The Labute approximate surface area is 123 Å². The van der Waals surface area contributed by atoms with E-state index < -0.39 is 10.8 Å². The highest BCUT2D eigenvalue weighted by Gasteiger charge is 2.17. The molecule has 2 rings (SSSR count). The van der Waals surface area contributed by atoms with Crippen molar-refractivity contribution in [2.45, 2.75) is 9.79 Å². The monoisotopic (exact) mass is 308 g/mol. The van der Waals surface area contributed by atoms with Gasteiger partial charge in [0.05, 0.1) is 9.82 Å². The van der Waals surface area contributed by atoms with Crippen LogP contribution in [0.3, 0.4) is 0 Å². The Balaban J connectivity index is 2.38. The van der Waals surface area contributed by atoms with Crippen LogP contribution in [0, 0.1) is 10.1 Å². The molecule has 0 atom stereocenters. The smallest absolute Gasteiger partial charge is 0.284 e. The summed E-state index contributed by atoms with van der Waals surface area (Å²) < 4.78 is 0. The highest BCUT2D eigenvalue weighted by atomic mass is 35.5. The Kier molecular flexibility index (Phi) is 4.26. The van der Waals surface area contributed by atoms with E-state index in [-0.39, 0.29) is 11.3 Å². The second-order valence-corrected chi connectivity index (χ2v) is 5.41. The van der Waals surface area contributed by atoms with Gasteiger partial charge in [-0.25, -0.2) is 0 Å². The summed E-state index contributed by atoms with van der Waals surface area (Å²) in [5.74, 6) is -0.698. The van der Waals surface area contributed by atoms with Gasteiger partial charge in [-0.05, 0) is 36.4 Å². The number of hydrogen-bond donors (Lipinski definition) is 1. The van der Waals surface area contributed by atoms with E-state index in [9.17, 15) is 14.9 Å². The number of hydrogen-bond acceptors (Lipinski definition) is 4. The number of carbonyl (C=O) groups excluding carboxylic acids is 1. The largest absolute Gasteiger partial charge is 0.366 e. The molecule has 7 heteroatoms. The zero-order valence-electron chi connectivity index (χ0n) is 10.1. The maximum Gasteiger partial charge on any atom is 0.284 e. The van der Waals surface area contributed by atoms with Crippen LogP contribution in [0.5, 0.6) is 0 Å². The molecule has 0 aliphatic carbocycles. The predicted molar refractivity (Wildman–Crippen MR) is 77.2 cm³/mol. The molecule has 102 valence electrons. The van der Waals surface area contributed by atoms with Crippen LogP contribution < -0.4 is 5.73 Å². The number of rotatable bonds is 4. The van der Waals surface area contributed by atoms with Crippen LogP contribution in [0.15, 0.2) is 52.3 Å². The lowest BCUT2D eigenvalue weighted by Crippen LogP contribution is -2.11. The molecule has 2 aromatic carbocycles. The Morgan fingerprint density at radius 2 is 1.85 bits per heavy atom. The number of nitro groups is 1. The number of amides is 1. The van der Waals surface area contributed by atoms with Gasteiger partial charge in [0.25, 0.3) is 5.69 Å². The van der Waals surface area contributed by atoms with E-state index in [4.69, 9.17) is 17.3 Å². The summed E-state index contributed by atoms with van der Waals surface area (Å²) >= 11 is 7.00. The third-order valence-electron chi connectivity index (χ3n) is 2.48. The quantitative estimate of drug-likeness (QED) is 0.692. The first-order valence-corrected chi connectivity index (χ1v) is 6.68. The SMILES string of the molecule is NC(=O)c1ccc(Sc2ccc(Cl)cc2)c([N+](=O)[O-])c1. The lowest BCUT2D eigenvalue weighted by atomic mass is 10.2. The predicted octanol–water partition coefficient (Wildman–Crippen LogP) is 3.50. The Hall–Kier alpha value is -2.05. The van der Waals surface area contributed by atoms with Crippen LogP contribution >= 0.6 is 23.4 Å². The lowest BCUT2D eigenvalue weighted by molar-refractivity contribution is -0.387. The summed E-state index contributed by atoms with van der Waals surface area (Å²) in [5.41, 5.74) is 5.08. The number of nitrogens with zero attached hydrogens (tertiary/aromatic N) is 1. The van der Waals surface area contributed by atoms with Crippen molar-refractivity contribution in [1.29, 1.82) is 0 Å². The van der Waals surface area contributed by atoms with Crippen molar-refractivity contribution in [2.24, 2.45) is 5.73 Å². The average Bonchev–Trinajstić information content (AvgIpc) is 2.41. The molecule has 0 spiro atoms. The molecule has 0 aromatic heterocycles. The topological polar surface area (TPSA) is 86.2 Å². The number of primary amides is 1. The minimum absolute atomic E-state index is 0.108. The highest BCUT2D eigenvalue weighted by Crippen LogP contribution is 2.35. The Bertz CT molecular complexity index is 674. The molecule has 0 heterocycles. The molecule has 2 aromatic rings. The van der Waals surface area contributed by atoms with Gasteiger partial charge in [-0.2, -0.15) is 0 Å². The first-order chi connectivity index (χ1) is 9.47. The van der Waals surface area contributed by atoms with Crippen molar-refractivity contribution >= 4 is 35.0 Å². The third-order valence-corrected chi connectivity index (χ3v) is 3.81. The van der Waals surface area contributed by atoms with E-state index in [1.54, 1.807) is 24.3 Å². The van der Waals surface area contributed by atoms with Crippen LogP contribution in [0.1, 0.15) is 10.4 Å².